The number of benzene rings is 2. The van der Waals surface area contributed by atoms with Crippen molar-refractivity contribution in [3.05, 3.63) is 85.5 Å². The molecule has 0 bridgehead atoms. The molecule has 0 saturated carbocycles. The summed E-state index contributed by atoms with van der Waals surface area (Å²) >= 11 is 12.4. The molecule has 2 aromatic carbocycles. The van der Waals surface area contributed by atoms with Gasteiger partial charge in [0.2, 0.25) is 5.88 Å². The van der Waals surface area contributed by atoms with Gasteiger partial charge in [0.15, 0.2) is 5.75 Å². The zero-order valence-corrected chi connectivity index (χ0v) is 16.7. The summed E-state index contributed by atoms with van der Waals surface area (Å²) < 4.78 is 16.4. The van der Waals surface area contributed by atoms with Crippen LogP contribution in [0.3, 0.4) is 0 Å². The average Bonchev–Trinajstić information content (AvgIpc) is 2.67. The number of rotatable bonds is 3. The second kappa shape index (κ2) is 7.46. The van der Waals surface area contributed by atoms with Gasteiger partial charge in [-0.1, -0.05) is 41.4 Å². The first-order valence-corrected chi connectivity index (χ1v) is 9.53. The van der Waals surface area contributed by atoms with E-state index in [-0.39, 0.29) is 34.4 Å². The quantitative estimate of drug-likeness (QED) is 0.489. The number of carbonyl (C=O) groups is 1. The van der Waals surface area contributed by atoms with Crippen molar-refractivity contribution in [1.29, 1.82) is 0 Å². The predicted octanol–water partition coefficient (Wildman–Crippen LogP) is 4.36. The molecular weight excluding hydrogens is 417 g/mol. The first-order chi connectivity index (χ1) is 13.9. The van der Waals surface area contributed by atoms with E-state index in [1.165, 1.54) is 6.07 Å². The highest BCUT2D eigenvalue weighted by Crippen LogP contribution is 2.46. The molecule has 29 heavy (non-hydrogen) atoms. The van der Waals surface area contributed by atoms with Crippen molar-refractivity contribution in [3.63, 3.8) is 0 Å². The van der Waals surface area contributed by atoms with Crippen LogP contribution in [-0.2, 0) is 9.53 Å². The minimum absolute atomic E-state index is 0.0221. The Balaban J connectivity index is 2.07. The summed E-state index contributed by atoms with van der Waals surface area (Å²) in [5.41, 5.74) is 6.35. The molecule has 1 aromatic heterocycles. The van der Waals surface area contributed by atoms with E-state index in [0.29, 0.717) is 21.6 Å². The highest BCUT2D eigenvalue weighted by atomic mass is 35.5. The second-order valence-electron chi connectivity index (χ2n) is 6.33. The van der Waals surface area contributed by atoms with Gasteiger partial charge in [-0.25, -0.2) is 9.59 Å². The molecule has 148 valence electrons. The third-order valence-corrected chi connectivity index (χ3v) is 5.18. The van der Waals surface area contributed by atoms with E-state index < -0.39 is 17.5 Å². The summed E-state index contributed by atoms with van der Waals surface area (Å²) in [6.07, 6.45) is 0. The number of hydrogen-bond acceptors (Lipinski definition) is 6. The van der Waals surface area contributed by atoms with Crippen molar-refractivity contribution >= 4 is 40.1 Å². The number of hydrogen-bond donors (Lipinski definition) is 1. The predicted molar refractivity (Wildman–Crippen MR) is 109 cm³/mol. The molecule has 1 aliphatic rings. The van der Waals surface area contributed by atoms with Crippen LogP contribution >= 0.6 is 23.2 Å². The van der Waals surface area contributed by atoms with Crippen LogP contribution in [0.15, 0.2) is 63.1 Å². The van der Waals surface area contributed by atoms with Crippen LogP contribution < -0.4 is 16.1 Å². The van der Waals surface area contributed by atoms with Crippen LogP contribution in [0.25, 0.3) is 11.0 Å². The first-order valence-electron chi connectivity index (χ1n) is 8.77. The smallest absolute Gasteiger partial charge is 0.344 e. The number of ether oxygens (including phenoxy) is 2. The standard InChI is InChI=1S/C21H15Cl2NO5/c1-2-27-20(25)17-15(11-8-7-10(22)9-13(11)23)16-18(29-19(17)24)12-5-3-4-6-14(12)28-21(16)26/h3-9,15H,2,24H2,1H3. The van der Waals surface area contributed by atoms with E-state index in [2.05, 4.69) is 0 Å². The summed E-state index contributed by atoms with van der Waals surface area (Å²) in [5.74, 6) is -1.59. The van der Waals surface area contributed by atoms with Gasteiger partial charge >= 0.3 is 11.6 Å². The molecule has 0 radical (unpaired) electrons. The van der Waals surface area contributed by atoms with E-state index in [1.54, 1.807) is 43.3 Å². The molecule has 1 aliphatic heterocycles. The van der Waals surface area contributed by atoms with Crippen molar-refractivity contribution < 1.29 is 18.7 Å². The van der Waals surface area contributed by atoms with Gasteiger partial charge in [-0.3, -0.25) is 0 Å². The third kappa shape index (κ3) is 3.24. The van der Waals surface area contributed by atoms with Crippen molar-refractivity contribution in [2.45, 2.75) is 12.8 Å². The SMILES string of the molecule is CCOC(=O)C1=C(N)Oc2c(c(=O)oc3ccccc23)C1c1ccc(Cl)cc1Cl. The molecule has 1 unspecified atom stereocenters. The van der Waals surface area contributed by atoms with Gasteiger partial charge < -0.3 is 19.6 Å². The Bertz CT molecular complexity index is 1230. The Morgan fingerprint density at radius 2 is 1.97 bits per heavy atom. The van der Waals surface area contributed by atoms with Crippen LogP contribution in [0.1, 0.15) is 24.0 Å². The van der Waals surface area contributed by atoms with Crippen molar-refractivity contribution in [2.24, 2.45) is 5.73 Å². The summed E-state index contributed by atoms with van der Waals surface area (Å²) in [4.78, 5) is 25.7. The Hall–Kier alpha value is -2.96. The molecular formula is C21H15Cl2NO5. The lowest BCUT2D eigenvalue weighted by molar-refractivity contribution is -0.139. The molecule has 0 amide bonds. The maximum absolute atomic E-state index is 12.9. The van der Waals surface area contributed by atoms with E-state index >= 15 is 0 Å². The fraction of sp³-hybridized carbons (Fsp3) is 0.143. The van der Waals surface area contributed by atoms with Crippen molar-refractivity contribution in [3.8, 4) is 5.75 Å². The Kier molecular flexibility index (Phi) is 4.98. The Labute approximate surface area is 175 Å². The van der Waals surface area contributed by atoms with Gasteiger partial charge in [0.05, 0.1) is 23.5 Å². The van der Waals surface area contributed by atoms with E-state index in [1.807, 2.05) is 0 Å². The van der Waals surface area contributed by atoms with Crippen LogP contribution in [0.5, 0.6) is 5.75 Å². The number of para-hydroxylation sites is 1. The van der Waals surface area contributed by atoms with Gasteiger partial charge in [0.25, 0.3) is 0 Å². The number of fused-ring (bicyclic) bond motifs is 3. The first kappa shape index (κ1) is 19.4. The van der Waals surface area contributed by atoms with Crippen LogP contribution in [0.2, 0.25) is 10.0 Å². The molecule has 0 spiro atoms. The van der Waals surface area contributed by atoms with Gasteiger partial charge in [-0.15, -0.1) is 0 Å². The van der Waals surface area contributed by atoms with E-state index in [9.17, 15) is 9.59 Å². The van der Waals surface area contributed by atoms with Gasteiger partial charge in [0, 0.05) is 10.0 Å². The lowest BCUT2D eigenvalue weighted by Gasteiger charge is -2.28. The van der Waals surface area contributed by atoms with Gasteiger partial charge in [-0.2, -0.15) is 0 Å². The highest BCUT2D eigenvalue weighted by Gasteiger charge is 2.40. The molecule has 2 N–H and O–H groups in total. The monoisotopic (exact) mass is 431 g/mol. The summed E-state index contributed by atoms with van der Waals surface area (Å²) in [5, 5.41) is 1.21. The second-order valence-corrected chi connectivity index (χ2v) is 7.17. The lowest BCUT2D eigenvalue weighted by atomic mass is 9.83. The molecule has 0 saturated heterocycles. The number of halogens is 2. The van der Waals surface area contributed by atoms with E-state index in [4.69, 9.17) is 42.8 Å². The van der Waals surface area contributed by atoms with Crippen molar-refractivity contribution in [2.75, 3.05) is 6.61 Å². The molecule has 0 aliphatic carbocycles. The number of carbonyl (C=O) groups excluding carboxylic acids is 1. The van der Waals surface area contributed by atoms with Crippen LogP contribution in [0, 0.1) is 0 Å². The molecule has 3 aromatic rings. The van der Waals surface area contributed by atoms with Crippen LogP contribution in [-0.4, -0.2) is 12.6 Å². The Morgan fingerprint density at radius 1 is 1.21 bits per heavy atom. The van der Waals surface area contributed by atoms with Gasteiger partial charge in [0.1, 0.15) is 11.2 Å². The minimum atomic E-state index is -0.941. The summed E-state index contributed by atoms with van der Waals surface area (Å²) in [7, 11) is 0. The van der Waals surface area contributed by atoms with Crippen LogP contribution in [0.4, 0.5) is 0 Å². The molecule has 8 heteroatoms. The fourth-order valence-corrected chi connectivity index (χ4v) is 3.94. The third-order valence-electron chi connectivity index (χ3n) is 4.62. The lowest BCUT2D eigenvalue weighted by Crippen LogP contribution is -2.31. The van der Waals surface area contributed by atoms with E-state index in [0.717, 1.165) is 0 Å². The molecule has 4 rings (SSSR count). The topological polar surface area (TPSA) is 91.8 Å². The summed E-state index contributed by atoms with van der Waals surface area (Å²) in [6.45, 7) is 1.79. The van der Waals surface area contributed by atoms with Gasteiger partial charge in [-0.05, 0) is 36.8 Å². The molecule has 2 heterocycles. The summed E-state index contributed by atoms with van der Waals surface area (Å²) in [6, 6.07) is 11.7. The zero-order valence-electron chi connectivity index (χ0n) is 15.2. The number of nitrogens with two attached hydrogens (primary N) is 1. The fourth-order valence-electron chi connectivity index (χ4n) is 3.42. The number of esters is 1. The largest absolute Gasteiger partial charge is 0.462 e. The maximum atomic E-state index is 12.9. The Morgan fingerprint density at radius 3 is 2.69 bits per heavy atom. The zero-order chi connectivity index (χ0) is 20.7. The molecule has 1 atom stereocenters. The minimum Gasteiger partial charge on any atom is -0.462 e. The normalized spacial score (nSPS) is 15.8. The molecule has 0 fully saturated rings. The molecule has 6 nitrogen and oxygen atoms in total. The highest BCUT2D eigenvalue weighted by molar-refractivity contribution is 6.35. The average molecular weight is 432 g/mol. The van der Waals surface area contributed by atoms with Crippen molar-refractivity contribution in [1.82, 2.24) is 0 Å². The maximum Gasteiger partial charge on any atom is 0.344 e.